The van der Waals surface area contributed by atoms with E-state index < -0.39 is 5.91 Å². The normalized spacial score (nSPS) is 10.3. The quantitative estimate of drug-likeness (QED) is 0.816. The van der Waals surface area contributed by atoms with E-state index in [1.165, 1.54) is 11.3 Å². The number of carbonyl (C=O) groups is 1. The summed E-state index contributed by atoms with van der Waals surface area (Å²) >= 11 is 1.47. The molecule has 4 N–H and O–H groups in total. The van der Waals surface area contributed by atoms with Crippen molar-refractivity contribution in [1.82, 2.24) is 9.97 Å². The average molecular weight is 234 g/mol. The Morgan fingerprint density at radius 1 is 1.44 bits per heavy atom. The zero-order chi connectivity index (χ0) is 11.7. The molecule has 16 heavy (non-hydrogen) atoms. The molecule has 0 spiro atoms. The second-order valence-electron chi connectivity index (χ2n) is 3.23. The molecule has 0 aliphatic rings. The van der Waals surface area contributed by atoms with E-state index in [9.17, 15) is 4.79 Å². The highest BCUT2D eigenvalue weighted by molar-refractivity contribution is 7.13. The van der Waals surface area contributed by atoms with Crippen molar-refractivity contribution >= 4 is 23.2 Å². The van der Waals surface area contributed by atoms with E-state index in [-0.39, 0.29) is 5.95 Å². The Balaban J connectivity index is 2.72. The van der Waals surface area contributed by atoms with Crippen molar-refractivity contribution in [2.45, 2.75) is 6.92 Å². The molecule has 0 aromatic carbocycles. The highest BCUT2D eigenvalue weighted by Crippen LogP contribution is 2.27. The van der Waals surface area contributed by atoms with Crippen LogP contribution in [0.3, 0.4) is 0 Å². The van der Waals surface area contributed by atoms with E-state index >= 15 is 0 Å². The van der Waals surface area contributed by atoms with Gasteiger partial charge in [-0.3, -0.25) is 4.79 Å². The molecule has 0 aliphatic heterocycles. The number of nitrogen functional groups attached to an aromatic ring is 1. The van der Waals surface area contributed by atoms with Crippen molar-refractivity contribution in [3.05, 3.63) is 28.8 Å². The van der Waals surface area contributed by atoms with Gasteiger partial charge in [-0.05, 0) is 18.4 Å². The van der Waals surface area contributed by atoms with Crippen molar-refractivity contribution < 1.29 is 4.79 Å². The number of carbonyl (C=O) groups excluding carboxylic acids is 1. The minimum absolute atomic E-state index is 0.144. The lowest BCUT2D eigenvalue weighted by molar-refractivity contribution is 0.0999. The summed E-state index contributed by atoms with van der Waals surface area (Å²) in [6, 6.07) is 3.73. The summed E-state index contributed by atoms with van der Waals surface area (Å²) in [5, 5.41) is 1.90. The van der Waals surface area contributed by atoms with Crippen molar-refractivity contribution in [2.75, 3.05) is 5.73 Å². The number of aromatic nitrogens is 2. The molecular weight excluding hydrogens is 224 g/mol. The second-order valence-corrected chi connectivity index (χ2v) is 4.18. The molecule has 0 saturated carbocycles. The maximum absolute atomic E-state index is 11.4. The van der Waals surface area contributed by atoms with Gasteiger partial charge in [-0.25, -0.2) is 9.97 Å². The van der Waals surface area contributed by atoms with Crippen LogP contribution < -0.4 is 11.5 Å². The van der Waals surface area contributed by atoms with Crippen LogP contribution >= 0.6 is 11.3 Å². The number of hydrogen-bond acceptors (Lipinski definition) is 5. The maximum atomic E-state index is 11.4. The van der Waals surface area contributed by atoms with Crippen LogP contribution in [-0.4, -0.2) is 15.9 Å². The number of anilines is 1. The largest absolute Gasteiger partial charge is 0.368 e. The molecule has 1 amide bonds. The SMILES string of the molecule is Cc1nc(N)nc(-c2cccs2)c1C(N)=O. The molecule has 0 saturated heterocycles. The van der Waals surface area contributed by atoms with Crippen LogP contribution in [0, 0.1) is 6.92 Å². The van der Waals surface area contributed by atoms with Gasteiger partial charge in [-0.2, -0.15) is 0 Å². The summed E-state index contributed by atoms with van der Waals surface area (Å²) in [7, 11) is 0. The Morgan fingerprint density at radius 2 is 2.19 bits per heavy atom. The number of thiophene rings is 1. The minimum atomic E-state index is -0.541. The molecule has 0 radical (unpaired) electrons. The fraction of sp³-hybridized carbons (Fsp3) is 0.100. The number of rotatable bonds is 2. The predicted molar refractivity (Wildman–Crippen MR) is 63.0 cm³/mol. The van der Waals surface area contributed by atoms with E-state index in [0.29, 0.717) is 17.0 Å². The first kappa shape index (κ1) is 10.6. The lowest BCUT2D eigenvalue weighted by Crippen LogP contribution is -2.17. The number of nitrogens with zero attached hydrogens (tertiary/aromatic N) is 2. The van der Waals surface area contributed by atoms with Gasteiger partial charge < -0.3 is 11.5 Å². The first-order valence-electron chi connectivity index (χ1n) is 4.57. The van der Waals surface area contributed by atoms with Crippen LogP contribution in [0.2, 0.25) is 0 Å². The van der Waals surface area contributed by atoms with Gasteiger partial charge in [0.15, 0.2) is 0 Å². The molecule has 2 rings (SSSR count). The van der Waals surface area contributed by atoms with Gasteiger partial charge in [0.25, 0.3) is 5.91 Å². The molecule has 0 fully saturated rings. The lowest BCUT2D eigenvalue weighted by Gasteiger charge is -2.07. The summed E-state index contributed by atoms with van der Waals surface area (Å²) in [6.45, 7) is 1.69. The van der Waals surface area contributed by atoms with Crippen molar-refractivity contribution in [3.63, 3.8) is 0 Å². The van der Waals surface area contributed by atoms with Gasteiger partial charge in [0.05, 0.1) is 21.8 Å². The Bertz CT molecular complexity index is 536. The molecule has 0 bridgehead atoms. The monoisotopic (exact) mass is 234 g/mol. The second kappa shape index (κ2) is 3.90. The predicted octanol–water partition coefficient (Wildman–Crippen LogP) is 1.19. The molecule has 5 nitrogen and oxygen atoms in total. The van der Waals surface area contributed by atoms with Crippen LogP contribution in [0.15, 0.2) is 17.5 Å². The molecular formula is C10H10N4OS. The van der Waals surface area contributed by atoms with E-state index in [0.717, 1.165) is 4.88 Å². The van der Waals surface area contributed by atoms with Crippen LogP contribution in [-0.2, 0) is 0 Å². The van der Waals surface area contributed by atoms with Gasteiger partial charge >= 0.3 is 0 Å². The number of primary amides is 1. The molecule has 0 unspecified atom stereocenters. The van der Waals surface area contributed by atoms with E-state index in [1.807, 2.05) is 17.5 Å². The topological polar surface area (TPSA) is 94.9 Å². The van der Waals surface area contributed by atoms with Gasteiger partial charge in [-0.15, -0.1) is 11.3 Å². The summed E-state index contributed by atoms with van der Waals surface area (Å²) in [5.74, 6) is -0.396. The van der Waals surface area contributed by atoms with Crippen LogP contribution in [0.1, 0.15) is 16.1 Å². The molecule has 2 aromatic rings. The standard InChI is InChI=1S/C10H10N4OS/c1-5-7(9(11)15)8(14-10(12)13-5)6-3-2-4-16-6/h2-4H,1H3,(H2,11,15)(H2,12,13,14). The lowest BCUT2D eigenvalue weighted by atomic mass is 10.1. The molecule has 0 aliphatic carbocycles. The zero-order valence-electron chi connectivity index (χ0n) is 8.60. The van der Waals surface area contributed by atoms with Crippen molar-refractivity contribution in [1.29, 1.82) is 0 Å². The van der Waals surface area contributed by atoms with Gasteiger partial charge in [0.2, 0.25) is 5.95 Å². The maximum Gasteiger partial charge on any atom is 0.252 e. The number of nitrogens with two attached hydrogens (primary N) is 2. The van der Waals surface area contributed by atoms with Crippen LogP contribution in [0.5, 0.6) is 0 Å². The Kier molecular flexibility index (Phi) is 2.57. The first-order valence-corrected chi connectivity index (χ1v) is 5.45. The zero-order valence-corrected chi connectivity index (χ0v) is 9.41. The van der Waals surface area contributed by atoms with Gasteiger partial charge in [-0.1, -0.05) is 6.07 Å². The van der Waals surface area contributed by atoms with E-state index in [4.69, 9.17) is 11.5 Å². The summed E-state index contributed by atoms with van der Waals surface area (Å²) in [5.41, 5.74) is 12.2. The minimum Gasteiger partial charge on any atom is -0.368 e. The number of hydrogen-bond donors (Lipinski definition) is 2. The summed E-state index contributed by atoms with van der Waals surface area (Å²) < 4.78 is 0. The number of amides is 1. The van der Waals surface area contributed by atoms with Gasteiger partial charge in [0.1, 0.15) is 0 Å². The fourth-order valence-corrected chi connectivity index (χ4v) is 2.20. The Hall–Kier alpha value is -1.95. The average Bonchev–Trinajstić information content (AvgIpc) is 2.67. The third-order valence-corrected chi connectivity index (χ3v) is 2.98. The fourth-order valence-electron chi connectivity index (χ4n) is 1.48. The van der Waals surface area contributed by atoms with Crippen molar-refractivity contribution in [2.24, 2.45) is 5.73 Å². The molecule has 0 atom stereocenters. The third kappa shape index (κ3) is 1.74. The molecule has 2 aromatic heterocycles. The highest BCUT2D eigenvalue weighted by Gasteiger charge is 2.17. The number of aryl methyl sites for hydroxylation is 1. The van der Waals surface area contributed by atoms with Crippen molar-refractivity contribution in [3.8, 4) is 10.6 Å². The first-order chi connectivity index (χ1) is 7.59. The summed E-state index contributed by atoms with van der Waals surface area (Å²) in [4.78, 5) is 20.2. The van der Waals surface area contributed by atoms with Crippen LogP contribution in [0.4, 0.5) is 5.95 Å². The highest BCUT2D eigenvalue weighted by atomic mass is 32.1. The molecule has 2 heterocycles. The molecule has 6 heteroatoms. The molecule has 82 valence electrons. The smallest absolute Gasteiger partial charge is 0.252 e. The summed E-state index contributed by atoms with van der Waals surface area (Å²) in [6.07, 6.45) is 0. The third-order valence-electron chi connectivity index (χ3n) is 2.11. The Morgan fingerprint density at radius 3 is 2.75 bits per heavy atom. The van der Waals surface area contributed by atoms with E-state index in [1.54, 1.807) is 6.92 Å². The van der Waals surface area contributed by atoms with Crippen LogP contribution in [0.25, 0.3) is 10.6 Å². The van der Waals surface area contributed by atoms with E-state index in [2.05, 4.69) is 9.97 Å². The van der Waals surface area contributed by atoms with Gasteiger partial charge in [0, 0.05) is 0 Å². The Labute approximate surface area is 96.1 Å².